The highest BCUT2D eigenvalue weighted by Gasteiger charge is 2.37. The molecule has 1 fully saturated rings. The van der Waals surface area contributed by atoms with Crippen LogP contribution in [0, 0.1) is 11.7 Å². The Morgan fingerprint density at radius 1 is 1.15 bits per heavy atom. The number of ether oxygens (including phenoxy) is 1. The number of aromatic amines is 1. The molecule has 3 aromatic carbocycles. The van der Waals surface area contributed by atoms with Crippen LogP contribution in [0.4, 0.5) is 10.1 Å². The van der Waals surface area contributed by atoms with Gasteiger partial charge in [-0.15, -0.1) is 5.10 Å². The summed E-state index contributed by atoms with van der Waals surface area (Å²) in [4.78, 5) is 29.5. The molecule has 48 heavy (non-hydrogen) atoms. The first-order valence-electron chi connectivity index (χ1n) is 15.9. The van der Waals surface area contributed by atoms with Crippen molar-refractivity contribution in [3.8, 4) is 11.4 Å². The molecule has 0 saturated carbocycles. The number of fused-ring (bicyclic) bond motifs is 2. The van der Waals surface area contributed by atoms with E-state index in [1.807, 2.05) is 24.3 Å². The van der Waals surface area contributed by atoms with Crippen molar-refractivity contribution in [1.82, 2.24) is 40.6 Å². The number of hydrogen-bond donors (Lipinski definition) is 3. The second-order valence-electron chi connectivity index (χ2n) is 11.9. The molecule has 0 bridgehead atoms. The summed E-state index contributed by atoms with van der Waals surface area (Å²) < 4.78 is 22.9. The Morgan fingerprint density at radius 2 is 2.02 bits per heavy atom. The molecule has 2 amide bonds. The van der Waals surface area contributed by atoms with Crippen LogP contribution in [0.15, 0.2) is 67.1 Å². The standard InChI is InChI=1S/C34H33ClFN9O3/c35-27-7-8-29(45-20-39-42-43-45)26(32(27)36)6-9-31(46)44-16-12-24-25(2-1-3-30(24)48-17-13-21-10-14-37-15-11-21)33(44)34(47)40-23-5-4-22-19-38-41-28(22)18-23/h1-9,18-21,33,37H,10-17H2,(H,38,41)(H,40,47). The Hall–Kier alpha value is -5.14. The highest BCUT2D eigenvalue weighted by atomic mass is 35.5. The molecule has 1 unspecified atom stereocenters. The molecule has 4 heterocycles. The maximum Gasteiger partial charge on any atom is 0.251 e. The number of amides is 2. The molecule has 7 rings (SSSR count). The maximum atomic E-state index is 15.3. The third-order valence-electron chi connectivity index (χ3n) is 8.96. The number of nitrogens with zero attached hydrogens (tertiary/aromatic N) is 6. The van der Waals surface area contributed by atoms with E-state index >= 15 is 4.39 Å². The number of piperidine rings is 1. The Balaban J connectivity index is 1.19. The number of hydrogen-bond acceptors (Lipinski definition) is 8. The summed E-state index contributed by atoms with van der Waals surface area (Å²) >= 11 is 6.09. The van der Waals surface area contributed by atoms with Crippen molar-refractivity contribution in [2.75, 3.05) is 31.6 Å². The molecular formula is C34H33ClFN9O3. The normalized spacial score (nSPS) is 16.7. The number of nitrogens with one attached hydrogen (secondary N) is 3. The third kappa shape index (κ3) is 6.51. The van der Waals surface area contributed by atoms with Gasteiger partial charge in [0.2, 0.25) is 5.91 Å². The minimum absolute atomic E-state index is 0.0267. The van der Waals surface area contributed by atoms with Crippen molar-refractivity contribution >= 4 is 46.1 Å². The van der Waals surface area contributed by atoms with Crippen LogP contribution in [-0.4, -0.2) is 73.4 Å². The van der Waals surface area contributed by atoms with E-state index in [2.05, 4.69) is 36.4 Å². The summed E-state index contributed by atoms with van der Waals surface area (Å²) in [6.07, 6.45) is 9.27. The van der Waals surface area contributed by atoms with Crippen molar-refractivity contribution in [3.05, 3.63) is 94.7 Å². The van der Waals surface area contributed by atoms with Gasteiger partial charge in [0.15, 0.2) is 5.82 Å². The summed E-state index contributed by atoms with van der Waals surface area (Å²) in [6, 6.07) is 13.0. The SMILES string of the molecule is O=C(Nc1ccc2cn[nH]c2c1)C1c2cccc(OCCC3CCNCC3)c2CCN1C(=O)C=Cc1c(-n2cnnn2)ccc(Cl)c1F. The van der Waals surface area contributed by atoms with Crippen LogP contribution in [0.2, 0.25) is 5.02 Å². The van der Waals surface area contributed by atoms with Gasteiger partial charge in [-0.3, -0.25) is 14.7 Å². The Morgan fingerprint density at radius 3 is 2.85 bits per heavy atom. The molecular weight excluding hydrogens is 637 g/mol. The van der Waals surface area contributed by atoms with Crippen LogP contribution in [0.5, 0.6) is 5.75 Å². The second kappa shape index (κ2) is 13.9. The molecule has 3 N–H and O–H groups in total. The van der Waals surface area contributed by atoms with Crippen molar-refractivity contribution in [3.63, 3.8) is 0 Å². The molecule has 0 spiro atoms. The number of carbonyl (C=O) groups is 2. The van der Waals surface area contributed by atoms with E-state index in [1.54, 1.807) is 24.4 Å². The fourth-order valence-electron chi connectivity index (χ4n) is 6.46. The number of aromatic nitrogens is 6. The lowest BCUT2D eigenvalue weighted by atomic mass is 9.90. The summed E-state index contributed by atoms with van der Waals surface area (Å²) in [6.45, 7) is 2.86. The van der Waals surface area contributed by atoms with Gasteiger partial charge >= 0.3 is 0 Å². The van der Waals surface area contributed by atoms with Crippen LogP contribution in [-0.2, 0) is 16.0 Å². The van der Waals surface area contributed by atoms with E-state index in [-0.39, 0.29) is 17.1 Å². The minimum atomic E-state index is -0.987. The average Bonchev–Trinajstić information content (AvgIpc) is 3.81. The number of anilines is 1. The Labute approximate surface area is 280 Å². The zero-order chi connectivity index (χ0) is 33.0. The molecule has 0 radical (unpaired) electrons. The predicted molar refractivity (Wildman–Crippen MR) is 178 cm³/mol. The molecule has 2 aromatic heterocycles. The lowest BCUT2D eigenvalue weighted by Gasteiger charge is -2.36. The van der Waals surface area contributed by atoms with Crippen LogP contribution in [0.1, 0.15) is 42.0 Å². The number of halogens is 2. The highest BCUT2D eigenvalue weighted by molar-refractivity contribution is 6.31. The smallest absolute Gasteiger partial charge is 0.251 e. The lowest BCUT2D eigenvalue weighted by Crippen LogP contribution is -2.44. The number of carbonyl (C=O) groups excluding carboxylic acids is 2. The lowest BCUT2D eigenvalue weighted by molar-refractivity contribution is -0.135. The van der Waals surface area contributed by atoms with Gasteiger partial charge < -0.3 is 20.3 Å². The van der Waals surface area contributed by atoms with E-state index in [1.165, 1.54) is 34.1 Å². The number of tetrazole rings is 1. The zero-order valence-electron chi connectivity index (χ0n) is 25.9. The minimum Gasteiger partial charge on any atom is -0.493 e. The van der Waals surface area contributed by atoms with Crippen molar-refractivity contribution in [1.29, 1.82) is 0 Å². The first-order chi connectivity index (χ1) is 23.5. The van der Waals surface area contributed by atoms with Crippen LogP contribution in [0.25, 0.3) is 22.7 Å². The van der Waals surface area contributed by atoms with E-state index < -0.39 is 23.7 Å². The molecule has 1 atom stereocenters. The maximum absolute atomic E-state index is 15.3. The molecule has 246 valence electrons. The topological polar surface area (TPSA) is 143 Å². The molecule has 2 aliphatic rings. The number of H-pyrrole nitrogens is 1. The largest absolute Gasteiger partial charge is 0.493 e. The fourth-order valence-corrected chi connectivity index (χ4v) is 6.62. The summed E-state index contributed by atoms with van der Waals surface area (Å²) in [7, 11) is 0. The van der Waals surface area contributed by atoms with E-state index in [0.717, 1.165) is 48.8 Å². The predicted octanol–water partition coefficient (Wildman–Crippen LogP) is 4.88. The van der Waals surface area contributed by atoms with Gasteiger partial charge in [-0.05, 0) is 103 Å². The third-order valence-corrected chi connectivity index (χ3v) is 9.25. The monoisotopic (exact) mass is 669 g/mol. The first-order valence-corrected chi connectivity index (χ1v) is 16.2. The summed E-state index contributed by atoms with van der Waals surface area (Å²) in [5, 5.41) is 25.2. The summed E-state index contributed by atoms with van der Waals surface area (Å²) in [5.74, 6) is -0.279. The molecule has 2 aliphatic heterocycles. The quantitative estimate of drug-likeness (QED) is 0.189. The van der Waals surface area contributed by atoms with Crippen LogP contribution < -0.4 is 15.4 Å². The van der Waals surface area contributed by atoms with Gasteiger partial charge in [0, 0.05) is 34.8 Å². The van der Waals surface area contributed by atoms with E-state index in [9.17, 15) is 9.59 Å². The molecule has 0 aliphatic carbocycles. The zero-order valence-corrected chi connectivity index (χ0v) is 26.7. The summed E-state index contributed by atoms with van der Waals surface area (Å²) in [5.41, 5.74) is 3.20. The van der Waals surface area contributed by atoms with E-state index in [0.29, 0.717) is 41.6 Å². The Bertz CT molecular complexity index is 1970. The fraction of sp³-hybridized carbons (Fsp3) is 0.294. The number of rotatable bonds is 9. The van der Waals surface area contributed by atoms with Gasteiger partial charge in [0.05, 0.1) is 29.0 Å². The second-order valence-corrected chi connectivity index (χ2v) is 12.3. The molecule has 14 heteroatoms. The first kappa shape index (κ1) is 31.5. The van der Waals surface area contributed by atoms with Crippen LogP contribution >= 0.6 is 11.6 Å². The molecule has 12 nitrogen and oxygen atoms in total. The van der Waals surface area contributed by atoms with Gasteiger partial charge in [-0.1, -0.05) is 23.7 Å². The van der Waals surface area contributed by atoms with Crippen molar-refractivity contribution in [2.24, 2.45) is 5.92 Å². The van der Waals surface area contributed by atoms with Crippen LogP contribution in [0.3, 0.4) is 0 Å². The van der Waals surface area contributed by atoms with E-state index in [4.69, 9.17) is 16.3 Å². The van der Waals surface area contributed by atoms with Crippen molar-refractivity contribution < 1.29 is 18.7 Å². The Kier molecular flexibility index (Phi) is 9.12. The van der Waals surface area contributed by atoms with Crippen molar-refractivity contribution in [2.45, 2.75) is 31.7 Å². The molecule has 1 saturated heterocycles. The van der Waals surface area contributed by atoms with Gasteiger partial charge in [0.1, 0.15) is 18.1 Å². The number of benzene rings is 3. The van der Waals surface area contributed by atoms with Gasteiger partial charge in [-0.2, -0.15) is 9.78 Å². The van der Waals surface area contributed by atoms with Gasteiger partial charge in [-0.25, -0.2) is 4.39 Å². The highest BCUT2D eigenvalue weighted by Crippen LogP contribution is 2.37. The molecule has 5 aromatic rings. The van der Waals surface area contributed by atoms with Gasteiger partial charge in [0.25, 0.3) is 5.91 Å². The average molecular weight is 670 g/mol.